The molecule has 0 radical (unpaired) electrons. The van der Waals surface area contributed by atoms with Crippen molar-refractivity contribution in [1.82, 2.24) is 26.2 Å². The summed E-state index contributed by atoms with van der Waals surface area (Å²) in [6, 6.07) is 0.00793. The molecule has 2 bridgehead atoms. The first-order valence-electron chi connectivity index (χ1n) is 20.3. The zero-order valence-electron chi connectivity index (χ0n) is 33.6. The lowest BCUT2D eigenvalue weighted by Gasteiger charge is -2.31. The number of carboxylic acids is 1. The molecule has 312 valence electrons. The highest BCUT2D eigenvalue weighted by Gasteiger charge is 2.40. The second-order valence-electron chi connectivity index (χ2n) is 15.7. The number of benzene rings is 1. The van der Waals surface area contributed by atoms with Crippen LogP contribution in [-0.4, -0.2) is 107 Å². The molecule has 10 N–H and O–H groups in total. The maximum atomic E-state index is 14.3. The number of amides is 4. The Hall–Kier alpha value is -4.34. The SMILES string of the molecule is CCC(C)[C@H](NC(=O)[C@@H]1Cc2ccc(O)c(c2)CC=CCNCC[C@H](N)C(=O)N[C@@H](CCCCN)C(=O)N2CCC[C@H]2C(=O)N1)C(=O)C[C@@H](CC(C)C)C(=O)O. The number of phenols is 1. The Bertz CT molecular complexity index is 1530. The fraction of sp³-hybridized carbons (Fsp3) is 0.659. The van der Waals surface area contributed by atoms with E-state index in [0.29, 0.717) is 88.5 Å². The summed E-state index contributed by atoms with van der Waals surface area (Å²) in [4.78, 5) is 82.9. The minimum Gasteiger partial charge on any atom is -0.508 e. The minimum atomic E-state index is -1.20. The Morgan fingerprint density at radius 3 is 2.46 bits per heavy atom. The Morgan fingerprint density at radius 2 is 1.79 bits per heavy atom. The number of unbranched alkanes of at least 4 members (excludes halogenated alkanes) is 1. The molecular weight excluding hydrogens is 718 g/mol. The summed E-state index contributed by atoms with van der Waals surface area (Å²) in [6.07, 6.45) is 7.41. The number of ketones is 1. The highest BCUT2D eigenvalue weighted by molar-refractivity contribution is 5.97. The van der Waals surface area contributed by atoms with Gasteiger partial charge >= 0.3 is 5.97 Å². The second kappa shape index (κ2) is 23.0. The van der Waals surface area contributed by atoms with Crippen LogP contribution in [0.25, 0.3) is 0 Å². The summed E-state index contributed by atoms with van der Waals surface area (Å²) in [5, 5.41) is 32.3. The van der Waals surface area contributed by atoms with Crippen LogP contribution in [0.2, 0.25) is 0 Å². The molecule has 7 atom stereocenters. The van der Waals surface area contributed by atoms with Crippen LogP contribution in [0.3, 0.4) is 0 Å². The molecule has 1 unspecified atom stereocenters. The van der Waals surface area contributed by atoms with Crippen molar-refractivity contribution in [3.05, 3.63) is 41.5 Å². The van der Waals surface area contributed by atoms with Crippen molar-refractivity contribution >= 4 is 35.4 Å². The number of carbonyl (C=O) groups excluding carboxylic acids is 5. The van der Waals surface area contributed by atoms with Gasteiger partial charge in [-0.15, -0.1) is 0 Å². The number of carbonyl (C=O) groups is 6. The van der Waals surface area contributed by atoms with E-state index in [1.165, 1.54) is 11.0 Å². The van der Waals surface area contributed by atoms with Crippen LogP contribution in [0.1, 0.15) is 96.6 Å². The summed E-state index contributed by atoms with van der Waals surface area (Å²) < 4.78 is 0. The third-order valence-electron chi connectivity index (χ3n) is 10.8. The molecule has 0 aromatic heterocycles. The first kappa shape index (κ1) is 46.0. The summed E-state index contributed by atoms with van der Waals surface area (Å²) in [7, 11) is 0. The third-order valence-corrected chi connectivity index (χ3v) is 10.8. The Labute approximate surface area is 331 Å². The molecule has 1 aromatic rings. The zero-order valence-corrected chi connectivity index (χ0v) is 33.6. The van der Waals surface area contributed by atoms with Crippen LogP contribution in [-0.2, 0) is 41.6 Å². The summed E-state index contributed by atoms with van der Waals surface area (Å²) >= 11 is 0. The smallest absolute Gasteiger partial charge is 0.306 e. The molecule has 0 saturated carbocycles. The Balaban J connectivity index is 2.00. The molecule has 1 fully saturated rings. The molecule has 56 heavy (non-hydrogen) atoms. The second-order valence-corrected chi connectivity index (χ2v) is 15.7. The van der Waals surface area contributed by atoms with Gasteiger partial charge in [0.1, 0.15) is 23.9 Å². The van der Waals surface area contributed by atoms with Crippen LogP contribution in [0.4, 0.5) is 0 Å². The molecule has 1 saturated heterocycles. The molecule has 4 amide bonds. The first-order valence-corrected chi connectivity index (χ1v) is 20.3. The van der Waals surface area contributed by atoms with Crippen LogP contribution >= 0.6 is 0 Å². The lowest BCUT2D eigenvalue weighted by molar-refractivity contribution is -0.145. The molecule has 2 heterocycles. The van der Waals surface area contributed by atoms with Gasteiger partial charge < -0.3 is 47.8 Å². The van der Waals surface area contributed by atoms with Crippen molar-refractivity contribution in [3.8, 4) is 5.75 Å². The minimum absolute atomic E-state index is 0.00103. The lowest BCUT2D eigenvalue weighted by Crippen LogP contribution is -2.59. The van der Waals surface area contributed by atoms with Gasteiger partial charge in [-0.3, -0.25) is 28.8 Å². The molecular formula is C41H65N7O8. The van der Waals surface area contributed by atoms with E-state index in [9.17, 15) is 39.0 Å². The zero-order chi connectivity index (χ0) is 41.4. The number of fused-ring (bicyclic) bond motifs is 3. The highest BCUT2D eigenvalue weighted by Crippen LogP contribution is 2.24. The number of nitrogens with one attached hydrogen (secondary N) is 4. The van der Waals surface area contributed by atoms with Gasteiger partial charge in [0.15, 0.2) is 5.78 Å². The van der Waals surface area contributed by atoms with Crippen molar-refractivity contribution < 1.29 is 39.0 Å². The number of allylic oxidation sites excluding steroid dienone is 1. The maximum absolute atomic E-state index is 14.3. The van der Waals surface area contributed by atoms with Crippen molar-refractivity contribution in [2.75, 3.05) is 26.2 Å². The van der Waals surface area contributed by atoms with Gasteiger partial charge in [0.25, 0.3) is 0 Å². The number of carboxylic acid groups (broad SMARTS) is 1. The fourth-order valence-electron chi connectivity index (χ4n) is 7.28. The number of hydrogen-bond donors (Lipinski definition) is 8. The molecule has 15 nitrogen and oxygen atoms in total. The number of Topliss-reactive ketones (excluding diaryl/α,β-unsaturated/α-hetero) is 1. The molecule has 2 aliphatic rings. The predicted octanol–water partition coefficient (Wildman–Crippen LogP) is 1.68. The predicted molar refractivity (Wildman–Crippen MR) is 213 cm³/mol. The largest absolute Gasteiger partial charge is 0.508 e. The van der Waals surface area contributed by atoms with E-state index in [1.807, 2.05) is 39.8 Å². The van der Waals surface area contributed by atoms with Crippen molar-refractivity contribution in [3.63, 3.8) is 0 Å². The first-order chi connectivity index (χ1) is 26.7. The fourth-order valence-corrected chi connectivity index (χ4v) is 7.28. The van der Waals surface area contributed by atoms with Gasteiger partial charge in [-0.1, -0.05) is 58.4 Å². The van der Waals surface area contributed by atoms with Gasteiger partial charge in [0, 0.05) is 25.9 Å². The average Bonchev–Trinajstić information content (AvgIpc) is 3.65. The monoisotopic (exact) mass is 783 g/mol. The van der Waals surface area contributed by atoms with Crippen LogP contribution in [0.5, 0.6) is 5.75 Å². The van der Waals surface area contributed by atoms with Crippen LogP contribution in [0.15, 0.2) is 30.4 Å². The number of nitrogens with zero attached hydrogens (tertiary/aromatic N) is 1. The summed E-state index contributed by atoms with van der Waals surface area (Å²) in [5.74, 6) is -4.72. The van der Waals surface area contributed by atoms with E-state index in [1.54, 1.807) is 12.1 Å². The number of nitrogens with two attached hydrogens (primary N) is 2. The molecule has 0 aliphatic carbocycles. The van der Waals surface area contributed by atoms with Crippen LogP contribution < -0.4 is 32.7 Å². The maximum Gasteiger partial charge on any atom is 0.306 e. The van der Waals surface area contributed by atoms with Crippen molar-refractivity contribution in [2.24, 2.45) is 29.2 Å². The Kier molecular flexibility index (Phi) is 18.9. The topological polar surface area (TPSA) is 246 Å². The third kappa shape index (κ3) is 14.0. The van der Waals surface area contributed by atoms with Gasteiger partial charge in [-0.25, -0.2) is 0 Å². The number of hydrogen-bond acceptors (Lipinski definition) is 10. The highest BCUT2D eigenvalue weighted by atomic mass is 16.4. The molecule has 0 spiro atoms. The standard InChI is InChI=1S/C41H65N7O8/c1-5-26(4)36(35(50)24-29(41(55)56)21-25(2)3)47-38(52)32-23-27-14-15-34(49)28(22-27)11-7-9-18-44-19-16-30(43)37(51)45-31(12-6-8-17-42)40(54)48-20-10-13-33(48)39(53)46-32/h7,9,14-15,22,25-26,29-33,36,44,49H,5-6,8,10-13,16-21,23-24,42-43H2,1-4H3,(H,45,51)(H,46,53)(H,47,52)(H,55,56)/t26?,29-,30+,31+,32+,33+,36+/m1/s1. The normalized spacial score (nSPS) is 23.3. The molecule has 1 aromatic carbocycles. The number of aliphatic carboxylic acids is 1. The molecule has 2 aliphatic heterocycles. The average molecular weight is 784 g/mol. The van der Waals surface area contributed by atoms with E-state index in [0.717, 1.165) is 0 Å². The number of rotatable bonds is 14. The van der Waals surface area contributed by atoms with Gasteiger partial charge in [0.2, 0.25) is 23.6 Å². The van der Waals surface area contributed by atoms with E-state index >= 15 is 0 Å². The molecule has 15 heteroatoms. The van der Waals surface area contributed by atoms with E-state index < -0.39 is 71.5 Å². The van der Waals surface area contributed by atoms with Gasteiger partial charge in [0.05, 0.1) is 18.0 Å². The van der Waals surface area contributed by atoms with E-state index in [4.69, 9.17) is 11.5 Å². The summed E-state index contributed by atoms with van der Waals surface area (Å²) in [5.41, 5.74) is 13.2. The van der Waals surface area contributed by atoms with Crippen molar-refractivity contribution in [1.29, 1.82) is 0 Å². The number of phenolic OH excluding ortho intramolecular Hbond substituents is 1. The van der Waals surface area contributed by atoms with Gasteiger partial charge in [-0.2, -0.15) is 0 Å². The number of aromatic hydroxyl groups is 1. The quantitative estimate of drug-likeness (QED) is 0.0997. The lowest BCUT2D eigenvalue weighted by atomic mass is 9.86. The van der Waals surface area contributed by atoms with Gasteiger partial charge in [-0.05, 0) is 93.5 Å². The van der Waals surface area contributed by atoms with Crippen molar-refractivity contribution in [2.45, 2.75) is 129 Å². The Morgan fingerprint density at radius 1 is 1.04 bits per heavy atom. The van der Waals surface area contributed by atoms with Crippen LogP contribution in [0, 0.1) is 17.8 Å². The summed E-state index contributed by atoms with van der Waals surface area (Å²) in [6.45, 7) is 9.07. The molecule has 3 rings (SSSR count). The van der Waals surface area contributed by atoms with E-state index in [2.05, 4.69) is 21.3 Å². The van der Waals surface area contributed by atoms with E-state index in [-0.39, 0.29) is 37.0 Å².